The molecule has 100 valence electrons. The van der Waals surface area contributed by atoms with Crippen molar-refractivity contribution in [2.24, 2.45) is 11.7 Å². The minimum Gasteiger partial charge on any atom is -0.348 e. The van der Waals surface area contributed by atoms with Gasteiger partial charge in [-0.25, -0.2) is 4.39 Å². The molecule has 2 rings (SSSR count). The fourth-order valence-electron chi connectivity index (χ4n) is 1.76. The third-order valence-corrected chi connectivity index (χ3v) is 3.59. The van der Waals surface area contributed by atoms with E-state index in [4.69, 9.17) is 5.73 Å². The highest BCUT2D eigenvalue weighted by atomic mass is 79.9. The Morgan fingerprint density at radius 3 is 2.72 bits per heavy atom. The van der Waals surface area contributed by atoms with Gasteiger partial charge in [0, 0.05) is 18.2 Å². The van der Waals surface area contributed by atoms with Gasteiger partial charge in [-0.2, -0.15) is 0 Å². The van der Waals surface area contributed by atoms with Crippen LogP contribution in [0.25, 0.3) is 0 Å². The largest absolute Gasteiger partial charge is 0.348 e. The first kappa shape index (κ1) is 15.4. The second-order valence-corrected chi connectivity index (χ2v) is 5.14. The van der Waals surface area contributed by atoms with Crippen LogP contribution in [0.1, 0.15) is 23.2 Å². The average molecular weight is 338 g/mol. The molecule has 1 atom stereocenters. The highest BCUT2D eigenvalue weighted by molar-refractivity contribution is 9.10. The van der Waals surface area contributed by atoms with Crippen LogP contribution in [0.2, 0.25) is 0 Å². The van der Waals surface area contributed by atoms with Crippen LogP contribution in [0.3, 0.4) is 0 Å². The number of hydrogen-bond donors (Lipinski definition) is 2. The van der Waals surface area contributed by atoms with Gasteiger partial charge in [0.1, 0.15) is 5.82 Å². The number of carbonyl (C=O) groups is 1. The molecule has 1 aliphatic rings. The van der Waals surface area contributed by atoms with Crippen molar-refractivity contribution in [3.8, 4) is 0 Å². The molecular formula is C12H15BrClFN2O. The van der Waals surface area contributed by atoms with Gasteiger partial charge in [-0.1, -0.05) is 0 Å². The van der Waals surface area contributed by atoms with E-state index >= 15 is 0 Å². The first-order valence-electron chi connectivity index (χ1n) is 5.58. The van der Waals surface area contributed by atoms with E-state index in [2.05, 4.69) is 21.2 Å². The second kappa shape index (κ2) is 6.50. The highest BCUT2D eigenvalue weighted by Crippen LogP contribution is 2.32. The summed E-state index contributed by atoms with van der Waals surface area (Å²) in [6, 6.07) is 4.34. The maximum atomic E-state index is 13.3. The summed E-state index contributed by atoms with van der Waals surface area (Å²) in [6.07, 6.45) is 2.22. The van der Waals surface area contributed by atoms with Gasteiger partial charge >= 0.3 is 0 Å². The van der Waals surface area contributed by atoms with Crippen molar-refractivity contribution >= 4 is 34.2 Å². The lowest BCUT2D eigenvalue weighted by molar-refractivity contribution is 0.0933. The summed E-state index contributed by atoms with van der Waals surface area (Å²) < 4.78 is 13.6. The zero-order valence-electron chi connectivity index (χ0n) is 9.66. The van der Waals surface area contributed by atoms with Crippen molar-refractivity contribution in [1.82, 2.24) is 5.32 Å². The Morgan fingerprint density at radius 2 is 2.22 bits per heavy atom. The van der Waals surface area contributed by atoms with Gasteiger partial charge in [0.2, 0.25) is 0 Å². The predicted molar refractivity (Wildman–Crippen MR) is 74.4 cm³/mol. The molecule has 6 heteroatoms. The molecule has 3 nitrogen and oxygen atoms in total. The monoisotopic (exact) mass is 336 g/mol. The number of hydrogen-bond acceptors (Lipinski definition) is 2. The minimum absolute atomic E-state index is 0. The van der Waals surface area contributed by atoms with Crippen LogP contribution in [0, 0.1) is 11.7 Å². The van der Waals surface area contributed by atoms with Crippen LogP contribution in [-0.4, -0.2) is 18.5 Å². The molecule has 0 heterocycles. The van der Waals surface area contributed by atoms with Crippen molar-refractivity contribution in [2.75, 3.05) is 6.54 Å². The molecular weight excluding hydrogens is 323 g/mol. The maximum absolute atomic E-state index is 13.3. The van der Waals surface area contributed by atoms with Gasteiger partial charge < -0.3 is 11.1 Å². The van der Waals surface area contributed by atoms with E-state index < -0.39 is 5.82 Å². The number of amides is 1. The zero-order valence-corrected chi connectivity index (χ0v) is 12.1. The van der Waals surface area contributed by atoms with Crippen LogP contribution >= 0.6 is 28.3 Å². The molecule has 18 heavy (non-hydrogen) atoms. The number of rotatable bonds is 4. The molecule has 1 saturated carbocycles. The smallest absolute Gasteiger partial charge is 0.251 e. The zero-order chi connectivity index (χ0) is 12.4. The number of carbonyl (C=O) groups excluding carboxylic acids is 1. The van der Waals surface area contributed by atoms with Gasteiger partial charge in [0.25, 0.3) is 5.91 Å². The molecule has 1 unspecified atom stereocenters. The fraction of sp³-hybridized carbons (Fsp3) is 0.417. The van der Waals surface area contributed by atoms with E-state index in [1.807, 2.05) is 0 Å². The number of nitrogens with two attached hydrogens (primary N) is 1. The van der Waals surface area contributed by atoms with E-state index in [9.17, 15) is 9.18 Å². The van der Waals surface area contributed by atoms with Crippen molar-refractivity contribution in [3.05, 3.63) is 34.1 Å². The minimum atomic E-state index is -0.437. The van der Waals surface area contributed by atoms with Crippen LogP contribution in [-0.2, 0) is 0 Å². The normalized spacial score (nSPS) is 15.7. The van der Waals surface area contributed by atoms with Gasteiger partial charge in [0.15, 0.2) is 0 Å². The van der Waals surface area contributed by atoms with Crippen LogP contribution < -0.4 is 11.1 Å². The molecule has 0 radical (unpaired) electrons. The first-order chi connectivity index (χ1) is 8.11. The van der Waals surface area contributed by atoms with Gasteiger partial charge in [-0.3, -0.25) is 4.79 Å². The molecule has 3 N–H and O–H groups in total. The van der Waals surface area contributed by atoms with Crippen LogP contribution in [0.5, 0.6) is 0 Å². The molecule has 0 bridgehead atoms. The molecule has 1 aromatic carbocycles. The van der Waals surface area contributed by atoms with E-state index in [1.54, 1.807) is 6.07 Å². The van der Waals surface area contributed by atoms with Gasteiger partial charge in [0.05, 0.1) is 4.47 Å². The topological polar surface area (TPSA) is 55.1 Å². The molecule has 1 aliphatic carbocycles. The third kappa shape index (κ3) is 3.67. The summed E-state index contributed by atoms with van der Waals surface area (Å²) >= 11 is 3.05. The Bertz CT molecular complexity index is 440. The molecule has 1 aromatic rings. The Hall–Kier alpha value is -0.650. The molecule has 1 amide bonds. The Labute approximate surface area is 120 Å². The molecule has 0 aromatic heterocycles. The van der Waals surface area contributed by atoms with E-state index in [1.165, 1.54) is 12.1 Å². The summed E-state index contributed by atoms with van der Waals surface area (Å²) in [5.41, 5.74) is 5.92. The van der Waals surface area contributed by atoms with Gasteiger partial charge in [-0.15, -0.1) is 12.4 Å². The predicted octanol–water partition coefficient (Wildman–Crippen LogP) is 2.48. The summed E-state index contributed by atoms with van der Waals surface area (Å²) in [5, 5.41) is 2.85. The molecule has 0 spiro atoms. The van der Waals surface area contributed by atoms with E-state index in [0.29, 0.717) is 22.5 Å². The summed E-state index contributed by atoms with van der Waals surface area (Å²) in [7, 11) is 0. The van der Waals surface area contributed by atoms with Crippen molar-refractivity contribution in [3.63, 3.8) is 0 Å². The highest BCUT2D eigenvalue weighted by Gasteiger charge is 2.31. The second-order valence-electron chi connectivity index (χ2n) is 4.28. The van der Waals surface area contributed by atoms with Crippen molar-refractivity contribution in [2.45, 2.75) is 18.9 Å². The summed E-state index contributed by atoms with van der Waals surface area (Å²) in [4.78, 5) is 11.9. The van der Waals surface area contributed by atoms with E-state index in [0.717, 1.165) is 12.8 Å². The van der Waals surface area contributed by atoms with Gasteiger partial charge in [-0.05, 0) is 52.9 Å². The molecule has 0 aliphatic heterocycles. The fourth-order valence-corrected chi connectivity index (χ4v) is 2.00. The molecule has 1 fully saturated rings. The molecule has 0 saturated heterocycles. The lowest BCUT2D eigenvalue weighted by Gasteiger charge is -2.16. The Kier molecular flexibility index (Phi) is 5.56. The summed E-state index contributed by atoms with van der Waals surface area (Å²) in [6.45, 7) is 0.426. The summed E-state index contributed by atoms with van der Waals surface area (Å²) in [5.74, 6) is -0.212. The van der Waals surface area contributed by atoms with Crippen LogP contribution in [0.4, 0.5) is 4.39 Å². The standard InChI is InChI=1S/C12H14BrFN2O.ClH/c13-9-4-3-8(5-10(9)14)12(17)16-11(6-15)7-1-2-7;/h3-5,7,11H,1-2,6,15H2,(H,16,17);1H. The first-order valence-corrected chi connectivity index (χ1v) is 6.37. The number of halogens is 3. The van der Waals surface area contributed by atoms with Crippen molar-refractivity contribution in [1.29, 1.82) is 0 Å². The Balaban J connectivity index is 0.00000162. The quantitative estimate of drug-likeness (QED) is 0.887. The number of benzene rings is 1. The van der Waals surface area contributed by atoms with Crippen molar-refractivity contribution < 1.29 is 9.18 Å². The Morgan fingerprint density at radius 1 is 1.56 bits per heavy atom. The van der Waals surface area contributed by atoms with E-state index in [-0.39, 0.29) is 24.4 Å². The maximum Gasteiger partial charge on any atom is 0.251 e. The van der Waals surface area contributed by atoms with Crippen LogP contribution in [0.15, 0.2) is 22.7 Å². The number of nitrogens with one attached hydrogen (secondary N) is 1. The SMILES string of the molecule is Cl.NCC(NC(=O)c1ccc(Br)c(F)c1)C1CC1. The lowest BCUT2D eigenvalue weighted by Crippen LogP contribution is -2.41. The average Bonchev–Trinajstić information content (AvgIpc) is 3.13. The lowest BCUT2D eigenvalue weighted by atomic mass is 10.1. The third-order valence-electron chi connectivity index (χ3n) is 2.94.